The van der Waals surface area contributed by atoms with Crippen molar-refractivity contribution in [3.63, 3.8) is 0 Å². The lowest BCUT2D eigenvalue weighted by molar-refractivity contribution is 0.0773. The lowest BCUT2D eigenvalue weighted by Gasteiger charge is -2.33. The molecule has 1 aliphatic rings. The van der Waals surface area contributed by atoms with Crippen molar-refractivity contribution in [2.24, 2.45) is 0 Å². The van der Waals surface area contributed by atoms with Gasteiger partial charge in [0.25, 0.3) is 5.91 Å². The van der Waals surface area contributed by atoms with Crippen LogP contribution in [0.2, 0.25) is 0 Å². The van der Waals surface area contributed by atoms with Gasteiger partial charge in [-0.1, -0.05) is 18.2 Å². The van der Waals surface area contributed by atoms with Crippen LogP contribution in [0, 0.1) is 0 Å². The number of fused-ring (bicyclic) bond motifs is 1. The highest BCUT2D eigenvalue weighted by Gasteiger charge is 2.23. The summed E-state index contributed by atoms with van der Waals surface area (Å²) in [5.74, 6) is 0.626. The fourth-order valence-corrected chi connectivity index (χ4v) is 3.89. The van der Waals surface area contributed by atoms with Gasteiger partial charge in [0.1, 0.15) is 5.52 Å². The Balaban J connectivity index is 1.34. The summed E-state index contributed by atoms with van der Waals surface area (Å²) in [6.45, 7) is 8.63. The molecule has 1 fully saturated rings. The zero-order valence-electron chi connectivity index (χ0n) is 18.6. The maximum absolute atomic E-state index is 12.6. The Kier molecular flexibility index (Phi) is 6.70. The van der Waals surface area contributed by atoms with Gasteiger partial charge in [-0.25, -0.2) is 9.78 Å². The van der Waals surface area contributed by atoms with Gasteiger partial charge in [-0.15, -0.1) is 0 Å². The second kappa shape index (κ2) is 9.82. The molecule has 32 heavy (non-hydrogen) atoms. The summed E-state index contributed by atoms with van der Waals surface area (Å²) in [5.41, 5.74) is 2.79. The van der Waals surface area contributed by atoms with Gasteiger partial charge in [-0.3, -0.25) is 9.69 Å². The van der Waals surface area contributed by atoms with E-state index in [0.29, 0.717) is 55.3 Å². The Hall–Kier alpha value is -3.39. The molecule has 168 valence electrons. The lowest BCUT2D eigenvalue weighted by atomic mass is 10.2. The number of nitrogens with one attached hydrogen (secondary N) is 1. The molecule has 0 spiro atoms. The molecule has 1 aliphatic heterocycles. The lowest BCUT2D eigenvalue weighted by Crippen LogP contribution is -2.49. The number of hydrogen-bond donors (Lipinski definition) is 1. The van der Waals surface area contributed by atoms with Crippen molar-refractivity contribution < 1.29 is 14.0 Å². The van der Waals surface area contributed by atoms with Gasteiger partial charge in [0.15, 0.2) is 5.58 Å². The van der Waals surface area contributed by atoms with Gasteiger partial charge in [0.2, 0.25) is 5.89 Å². The molecule has 0 radical (unpaired) electrons. The summed E-state index contributed by atoms with van der Waals surface area (Å²) in [7, 11) is 0. The van der Waals surface area contributed by atoms with Crippen LogP contribution in [0.4, 0.5) is 10.5 Å². The van der Waals surface area contributed by atoms with E-state index in [1.807, 2.05) is 55.1 Å². The maximum atomic E-state index is 12.6. The summed E-state index contributed by atoms with van der Waals surface area (Å²) < 4.78 is 5.90. The Labute approximate surface area is 187 Å². The molecule has 1 N–H and O–H groups in total. The first-order valence-corrected chi connectivity index (χ1v) is 11.1. The number of piperazine rings is 1. The van der Waals surface area contributed by atoms with Crippen molar-refractivity contribution in [1.29, 1.82) is 0 Å². The van der Waals surface area contributed by atoms with E-state index < -0.39 is 0 Å². The number of hydrogen-bond acceptors (Lipinski definition) is 5. The number of oxazole rings is 1. The highest BCUT2D eigenvalue weighted by Crippen LogP contribution is 2.20. The predicted molar refractivity (Wildman–Crippen MR) is 124 cm³/mol. The third-order valence-corrected chi connectivity index (χ3v) is 5.77. The second-order valence-corrected chi connectivity index (χ2v) is 7.83. The van der Waals surface area contributed by atoms with E-state index in [4.69, 9.17) is 4.42 Å². The summed E-state index contributed by atoms with van der Waals surface area (Å²) in [5, 5.41) is 2.93. The van der Waals surface area contributed by atoms with Gasteiger partial charge in [-0.05, 0) is 44.2 Å². The maximum Gasteiger partial charge on any atom is 0.321 e. The zero-order chi connectivity index (χ0) is 22.5. The number of para-hydroxylation sites is 1. The molecule has 0 saturated carbocycles. The monoisotopic (exact) mass is 435 g/mol. The largest absolute Gasteiger partial charge is 0.439 e. The van der Waals surface area contributed by atoms with Crippen LogP contribution in [0.1, 0.15) is 30.1 Å². The van der Waals surface area contributed by atoms with Crippen molar-refractivity contribution in [2.75, 3.05) is 44.6 Å². The van der Waals surface area contributed by atoms with E-state index in [1.165, 1.54) is 0 Å². The van der Waals surface area contributed by atoms with Crippen LogP contribution in [0.5, 0.6) is 0 Å². The molecule has 2 aromatic carbocycles. The minimum atomic E-state index is -0.0805. The molecular formula is C24H29N5O3. The summed E-state index contributed by atoms with van der Waals surface area (Å²) >= 11 is 0. The summed E-state index contributed by atoms with van der Waals surface area (Å²) in [6, 6.07) is 14.8. The highest BCUT2D eigenvalue weighted by atomic mass is 16.3. The van der Waals surface area contributed by atoms with Gasteiger partial charge in [-0.2, -0.15) is 0 Å². The van der Waals surface area contributed by atoms with Crippen molar-refractivity contribution in [1.82, 2.24) is 19.7 Å². The van der Waals surface area contributed by atoms with E-state index in [2.05, 4.69) is 15.2 Å². The summed E-state index contributed by atoms with van der Waals surface area (Å²) in [6.07, 6.45) is 0. The third-order valence-electron chi connectivity index (χ3n) is 5.77. The number of carbonyl (C=O) groups excluding carboxylic acids is 2. The molecular weight excluding hydrogens is 406 g/mol. The topological polar surface area (TPSA) is 81.9 Å². The quantitative estimate of drug-likeness (QED) is 0.639. The molecule has 3 aromatic rings. The Morgan fingerprint density at radius 2 is 1.75 bits per heavy atom. The molecule has 1 saturated heterocycles. The van der Waals surface area contributed by atoms with E-state index in [9.17, 15) is 9.59 Å². The van der Waals surface area contributed by atoms with Crippen LogP contribution in [0.25, 0.3) is 11.1 Å². The Morgan fingerprint density at radius 3 is 2.44 bits per heavy atom. The van der Waals surface area contributed by atoms with Crippen LogP contribution < -0.4 is 5.32 Å². The van der Waals surface area contributed by atoms with Crippen LogP contribution in [-0.2, 0) is 6.54 Å². The van der Waals surface area contributed by atoms with Crippen molar-refractivity contribution in [3.8, 4) is 0 Å². The molecule has 8 heteroatoms. The van der Waals surface area contributed by atoms with Gasteiger partial charge >= 0.3 is 6.03 Å². The predicted octanol–water partition coefficient (Wildman–Crippen LogP) is 3.66. The Morgan fingerprint density at radius 1 is 1.03 bits per heavy atom. The smallest absolute Gasteiger partial charge is 0.321 e. The normalized spacial score (nSPS) is 14.5. The molecule has 1 aromatic heterocycles. The highest BCUT2D eigenvalue weighted by molar-refractivity contribution is 5.97. The van der Waals surface area contributed by atoms with Gasteiger partial charge < -0.3 is 19.5 Å². The standard InChI is InChI=1S/C24H29N5O3/c1-3-28(4-2)23(30)18-10-11-21-20(16-18)26-22(32-21)17-27-12-14-29(15-13-27)24(31)25-19-8-6-5-7-9-19/h5-11,16H,3-4,12-15,17H2,1-2H3,(H,25,31). The summed E-state index contributed by atoms with van der Waals surface area (Å²) in [4.78, 5) is 35.5. The molecule has 2 heterocycles. The van der Waals surface area contributed by atoms with Crippen molar-refractivity contribution in [2.45, 2.75) is 20.4 Å². The minimum absolute atomic E-state index is 0.00588. The first kappa shape index (κ1) is 21.8. The third kappa shape index (κ3) is 4.91. The number of anilines is 1. The molecule has 8 nitrogen and oxygen atoms in total. The number of nitrogens with zero attached hydrogens (tertiary/aromatic N) is 4. The van der Waals surface area contributed by atoms with E-state index in [1.54, 1.807) is 17.0 Å². The fourth-order valence-electron chi connectivity index (χ4n) is 3.89. The van der Waals surface area contributed by atoms with Gasteiger partial charge in [0, 0.05) is 50.5 Å². The molecule has 4 rings (SSSR count). The van der Waals surface area contributed by atoms with Gasteiger partial charge in [0.05, 0.1) is 6.54 Å². The van der Waals surface area contributed by atoms with E-state index in [-0.39, 0.29) is 11.9 Å². The average molecular weight is 436 g/mol. The molecule has 3 amide bonds. The molecule has 0 aliphatic carbocycles. The number of rotatable bonds is 6. The number of amides is 3. The van der Waals surface area contributed by atoms with Crippen LogP contribution >= 0.6 is 0 Å². The SMILES string of the molecule is CCN(CC)C(=O)c1ccc2oc(CN3CCN(C(=O)Nc4ccccc4)CC3)nc2c1. The van der Waals surface area contributed by atoms with E-state index >= 15 is 0 Å². The number of benzene rings is 2. The zero-order valence-corrected chi connectivity index (χ0v) is 18.6. The second-order valence-electron chi connectivity index (χ2n) is 7.83. The average Bonchev–Trinajstić information content (AvgIpc) is 3.22. The van der Waals surface area contributed by atoms with Crippen LogP contribution in [-0.4, -0.2) is 70.9 Å². The first-order chi connectivity index (χ1) is 15.6. The number of urea groups is 1. The molecule has 0 atom stereocenters. The van der Waals surface area contributed by atoms with Crippen LogP contribution in [0.3, 0.4) is 0 Å². The molecule has 0 bridgehead atoms. The minimum Gasteiger partial charge on any atom is -0.439 e. The first-order valence-electron chi connectivity index (χ1n) is 11.1. The molecule has 0 unspecified atom stereocenters. The number of aromatic nitrogens is 1. The number of carbonyl (C=O) groups is 2. The van der Waals surface area contributed by atoms with Crippen LogP contribution in [0.15, 0.2) is 52.9 Å². The van der Waals surface area contributed by atoms with E-state index in [0.717, 1.165) is 18.8 Å². The fraction of sp³-hybridized carbons (Fsp3) is 0.375. The van der Waals surface area contributed by atoms with Crippen molar-refractivity contribution in [3.05, 3.63) is 60.0 Å². The Bertz CT molecular complexity index is 1070. The van der Waals surface area contributed by atoms with Crippen molar-refractivity contribution >= 4 is 28.7 Å².